The summed E-state index contributed by atoms with van der Waals surface area (Å²) in [5, 5.41) is 16.0. The second-order valence-electron chi connectivity index (χ2n) is 4.66. The van der Waals surface area contributed by atoms with Crippen molar-refractivity contribution in [1.82, 2.24) is 4.98 Å². The molecule has 1 aromatic rings. The fourth-order valence-corrected chi connectivity index (χ4v) is 3.05. The van der Waals surface area contributed by atoms with Crippen LogP contribution in [0.15, 0.2) is 29.7 Å². The first-order chi connectivity index (χ1) is 7.88. The monoisotopic (exact) mass is 217 g/mol. The van der Waals surface area contributed by atoms with Crippen LogP contribution in [0.25, 0.3) is 0 Å². The quantitative estimate of drug-likeness (QED) is 0.589. The van der Waals surface area contributed by atoms with Crippen LogP contribution in [-0.4, -0.2) is 21.9 Å². The van der Waals surface area contributed by atoms with Gasteiger partial charge in [0.15, 0.2) is 0 Å². The molecule has 3 atom stereocenters. The summed E-state index contributed by atoms with van der Waals surface area (Å²) in [5.74, 6) is 1.11. The van der Waals surface area contributed by atoms with Crippen molar-refractivity contribution in [2.45, 2.75) is 25.3 Å². The number of pyridine rings is 1. The summed E-state index contributed by atoms with van der Waals surface area (Å²) in [6, 6.07) is 4.10. The molecule has 1 aromatic heterocycles. The number of hydrogen-bond acceptors (Lipinski definition) is 4. The summed E-state index contributed by atoms with van der Waals surface area (Å²) >= 11 is 0. The molecule has 0 spiro atoms. The summed E-state index contributed by atoms with van der Waals surface area (Å²) < 4.78 is 0. The second kappa shape index (κ2) is 3.77. The first-order valence-electron chi connectivity index (χ1n) is 5.77. The van der Waals surface area contributed by atoms with Crippen LogP contribution < -0.4 is 5.32 Å². The van der Waals surface area contributed by atoms with E-state index in [1.165, 1.54) is 12.8 Å². The van der Waals surface area contributed by atoms with E-state index in [-0.39, 0.29) is 6.04 Å². The van der Waals surface area contributed by atoms with Crippen molar-refractivity contribution in [3.8, 4) is 0 Å². The minimum Gasteiger partial charge on any atom is -0.411 e. The Morgan fingerprint density at radius 2 is 2.38 bits per heavy atom. The number of anilines is 1. The van der Waals surface area contributed by atoms with E-state index < -0.39 is 0 Å². The Balaban J connectivity index is 1.80. The first-order valence-corrected chi connectivity index (χ1v) is 5.77. The van der Waals surface area contributed by atoms with Gasteiger partial charge in [-0.25, -0.2) is 0 Å². The highest BCUT2D eigenvalue weighted by Gasteiger charge is 2.45. The summed E-state index contributed by atoms with van der Waals surface area (Å²) in [6.07, 6.45) is 7.14. The number of fused-ring (bicyclic) bond motifs is 2. The minimum absolute atomic E-state index is 0.202. The normalized spacial score (nSPS) is 34.5. The number of aromatic nitrogens is 1. The van der Waals surface area contributed by atoms with Crippen LogP contribution in [0.1, 0.15) is 19.3 Å². The van der Waals surface area contributed by atoms with Crippen LogP contribution in [0.2, 0.25) is 0 Å². The maximum atomic E-state index is 9.07. The van der Waals surface area contributed by atoms with E-state index in [4.69, 9.17) is 5.21 Å². The lowest BCUT2D eigenvalue weighted by Gasteiger charge is -2.24. The van der Waals surface area contributed by atoms with Crippen molar-refractivity contribution >= 4 is 11.4 Å². The predicted molar refractivity (Wildman–Crippen MR) is 61.7 cm³/mol. The van der Waals surface area contributed by atoms with Gasteiger partial charge in [-0.2, -0.15) is 0 Å². The van der Waals surface area contributed by atoms with Gasteiger partial charge in [0.05, 0.1) is 17.4 Å². The zero-order chi connectivity index (χ0) is 11.0. The molecule has 2 fully saturated rings. The molecule has 0 aliphatic heterocycles. The van der Waals surface area contributed by atoms with E-state index in [1.807, 2.05) is 12.1 Å². The highest BCUT2D eigenvalue weighted by atomic mass is 16.4. The number of hydrogen-bond donors (Lipinski definition) is 2. The molecular weight excluding hydrogens is 202 g/mol. The Morgan fingerprint density at radius 1 is 1.44 bits per heavy atom. The molecule has 0 unspecified atom stereocenters. The van der Waals surface area contributed by atoms with Gasteiger partial charge in [-0.1, -0.05) is 5.16 Å². The fourth-order valence-electron chi connectivity index (χ4n) is 3.05. The van der Waals surface area contributed by atoms with Gasteiger partial charge >= 0.3 is 0 Å². The molecule has 2 aliphatic rings. The van der Waals surface area contributed by atoms with Gasteiger partial charge in [0.1, 0.15) is 0 Å². The molecular formula is C12H15N3O. The summed E-state index contributed by atoms with van der Waals surface area (Å²) in [4.78, 5) is 4.07. The minimum atomic E-state index is 0.202. The van der Waals surface area contributed by atoms with Gasteiger partial charge in [-0.3, -0.25) is 4.98 Å². The lowest BCUT2D eigenvalue weighted by molar-refractivity contribution is 0.312. The van der Waals surface area contributed by atoms with Crippen molar-refractivity contribution in [3.63, 3.8) is 0 Å². The van der Waals surface area contributed by atoms with Crippen molar-refractivity contribution in [1.29, 1.82) is 0 Å². The predicted octanol–water partition coefficient (Wildman–Crippen LogP) is 2.12. The number of oxime groups is 1. The SMILES string of the molecule is O/N=C1/[C@H]2CC[C@@H](C2)[C@@H]1Nc1cccnc1. The number of nitrogens with one attached hydrogen (secondary N) is 1. The zero-order valence-corrected chi connectivity index (χ0v) is 9.00. The zero-order valence-electron chi connectivity index (χ0n) is 9.00. The van der Waals surface area contributed by atoms with Gasteiger partial charge in [-0.05, 0) is 37.3 Å². The Morgan fingerprint density at radius 3 is 3.12 bits per heavy atom. The molecule has 2 aliphatic carbocycles. The summed E-state index contributed by atoms with van der Waals surface area (Å²) in [5.41, 5.74) is 1.93. The molecule has 0 amide bonds. The molecule has 2 saturated carbocycles. The fraction of sp³-hybridized carbons (Fsp3) is 0.500. The molecule has 84 valence electrons. The molecule has 0 aromatic carbocycles. The third kappa shape index (κ3) is 1.45. The molecule has 3 rings (SSSR count). The molecule has 4 heteroatoms. The van der Waals surface area contributed by atoms with E-state index in [2.05, 4.69) is 15.5 Å². The van der Waals surface area contributed by atoms with Crippen LogP contribution in [0.4, 0.5) is 5.69 Å². The van der Waals surface area contributed by atoms with Gasteiger partial charge in [0.2, 0.25) is 0 Å². The number of nitrogens with zero attached hydrogens (tertiary/aromatic N) is 2. The molecule has 0 saturated heterocycles. The Kier molecular flexibility index (Phi) is 2.27. The smallest absolute Gasteiger partial charge is 0.0826 e. The van der Waals surface area contributed by atoms with E-state index in [1.54, 1.807) is 12.4 Å². The largest absolute Gasteiger partial charge is 0.411 e. The second-order valence-corrected chi connectivity index (χ2v) is 4.66. The average Bonchev–Trinajstić information content (AvgIpc) is 2.91. The van der Waals surface area contributed by atoms with Gasteiger partial charge < -0.3 is 10.5 Å². The molecule has 2 N–H and O–H groups in total. The van der Waals surface area contributed by atoms with Crippen LogP contribution in [0.3, 0.4) is 0 Å². The maximum Gasteiger partial charge on any atom is 0.0826 e. The standard InChI is InChI=1S/C12H15N3O/c16-15-12-9-4-3-8(6-9)11(12)14-10-2-1-5-13-7-10/h1-2,5,7-9,11,14,16H,3-4,6H2/b15-12-/t8-,9-,11-/m0/s1. The Hall–Kier alpha value is -1.58. The Labute approximate surface area is 94.4 Å². The third-order valence-electron chi connectivity index (χ3n) is 3.78. The average molecular weight is 217 g/mol. The van der Waals surface area contributed by atoms with Crippen molar-refractivity contribution in [2.75, 3.05) is 5.32 Å². The van der Waals surface area contributed by atoms with Crippen LogP contribution in [0.5, 0.6) is 0 Å². The molecule has 0 radical (unpaired) electrons. The van der Waals surface area contributed by atoms with E-state index in [0.717, 1.165) is 17.8 Å². The lowest BCUT2D eigenvalue weighted by atomic mass is 9.93. The van der Waals surface area contributed by atoms with Crippen molar-refractivity contribution < 1.29 is 5.21 Å². The number of rotatable bonds is 2. The topological polar surface area (TPSA) is 57.5 Å². The first kappa shape index (κ1) is 9.63. The van der Waals surface area contributed by atoms with Crippen molar-refractivity contribution in [3.05, 3.63) is 24.5 Å². The molecule has 1 heterocycles. The van der Waals surface area contributed by atoms with E-state index in [9.17, 15) is 0 Å². The van der Waals surface area contributed by atoms with Gasteiger partial charge in [-0.15, -0.1) is 0 Å². The third-order valence-corrected chi connectivity index (χ3v) is 3.78. The summed E-state index contributed by atoms with van der Waals surface area (Å²) in [6.45, 7) is 0. The van der Waals surface area contributed by atoms with E-state index >= 15 is 0 Å². The lowest BCUT2D eigenvalue weighted by Crippen LogP contribution is -2.35. The van der Waals surface area contributed by atoms with Crippen LogP contribution >= 0.6 is 0 Å². The molecule has 16 heavy (non-hydrogen) atoms. The molecule has 2 bridgehead atoms. The molecule has 4 nitrogen and oxygen atoms in total. The van der Waals surface area contributed by atoms with Gasteiger partial charge in [0.25, 0.3) is 0 Å². The van der Waals surface area contributed by atoms with Crippen LogP contribution in [0, 0.1) is 11.8 Å². The van der Waals surface area contributed by atoms with E-state index in [0.29, 0.717) is 11.8 Å². The summed E-state index contributed by atoms with van der Waals surface area (Å²) in [7, 11) is 0. The maximum absolute atomic E-state index is 9.07. The Bertz CT molecular complexity index is 404. The van der Waals surface area contributed by atoms with Gasteiger partial charge in [0, 0.05) is 18.3 Å². The highest BCUT2D eigenvalue weighted by Crippen LogP contribution is 2.43. The van der Waals surface area contributed by atoms with Crippen LogP contribution in [-0.2, 0) is 0 Å². The highest BCUT2D eigenvalue weighted by molar-refractivity contribution is 5.96. The van der Waals surface area contributed by atoms with Crippen molar-refractivity contribution in [2.24, 2.45) is 17.0 Å².